The van der Waals surface area contributed by atoms with Crippen molar-refractivity contribution in [2.24, 2.45) is 41.4 Å². The molecule has 12 unspecified atom stereocenters. The van der Waals surface area contributed by atoms with Gasteiger partial charge in [0.2, 0.25) is 65.0 Å². The van der Waals surface area contributed by atoms with Crippen LogP contribution in [0.25, 0.3) is 0 Å². The van der Waals surface area contributed by atoms with E-state index in [4.69, 9.17) is 9.84 Å². The lowest BCUT2D eigenvalue weighted by atomic mass is 9.91. The number of amides is 11. The zero-order valence-corrected chi connectivity index (χ0v) is 64.1. The van der Waals surface area contributed by atoms with Crippen molar-refractivity contribution in [1.29, 1.82) is 0 Å². The molecule has 0 aliphatic carbocycles. The summed E-state index contributed by atoms with van der Waals surface area (Å²) in [6, 6.07) is -9.82. The van der Waals surface area contributed by atoms with Gasteiger partial charge in [0.15, 0.2) is 0 Å². The van der Waals surface area contributed by atoms with Crippen LogP contribution in [0.4, 0.5) is 0 Å². The molecular formula is C72H123N11O16. The predicted molar refractivity (Wildman–Crippen MR) is 379 cm³/mol. The molecule has 2 rings (SSSR count). The number of phenols is 2. The van der Waals surface area contributed by atoms with Crippen molar-refractivity contribution in [1.82, 2.24) is 55.6 Å². The maximum atomic E-state index is 15.1. The largest absolute Gasteiger partial charge is 0.508 e. The number of aryl methyl sites for hydroxylation is 1. The van der Waals surface area contributed by atoms with E-state index in [1.807, 2.05) is 61.5 Å². The molecule has 1 aromatic carbocycles. The van der Waals surface area contributed by atoms with Gasteiger partial charge in [0.25, 0.3) is 0 Å². The molecule has 1 heterocycles. The van der Waals surface area contributed by atoms with E-state index in [-0.39, 0.29) is 79.4 Å². The minimum Gasteiger partial charge on any atom is -0.508 e. The van der Waals surface area contributed by atoms with Crippen LogP contribution >= 0.6 is 0 Å². The summed E-state index contributed by atoms with van der Waals surface area (Å²) in [4.78, 5) is 180. The number of rotatable bonds is 17. The van der Waals surface area contributed by atoms with E-state index >= 15 is 9.59 Å². The maximum absolute atomic E-state index is 15.1. The molecular weight excluding hydrogens is 1270 g/mol. The van der Waals surface area contributed by atoms with Crippen molar-refractivity contribution in [3.8, 4) is 11.5 Å². The summed E-state index contributed by atoms with van der Waals surface area (Å²) < 4.78 is 4.75. The molecule has 1 aromatic rings. The zero-order chi connectivity index (χ0) is 76.7. The van der Waals surface area contributed by atoms with Crippen molar-refractivity contribution in [2.45, 2.75) is 237 Å². The first-order chi connectivity index (χ1) is 45.8. The second kappa shape index (κ2) is 41.0. The minimum atomic E-state index is -1.61. The molecule has 1 saturated heterocycles. The number of benzene rings is 1. The lowest BCUT2D eigenvalue weighted by Crippen LogP contribution is -2.63. The Morgan fingerprint density at radius 1 is 0.535 bits per heavy atom. The maximum Gasteiger partial charge on any atom is 0.342 e. The van der Waals surface area contributed by atoms with Crippen LogP contribution in [0.15, 0.2) is 24.3 Å². The van der Waals surface area contributed by atoms with Crippen LogP contribution < -0.4 is 21.3 Å². The number of aromatic hydroxyl groups is 2. The Labute approximate surface area is 589 Å². The third kappa shape index (κ3) is 25.7. The normalized spacial score (nSPS) is 24.5. The lowest BCUT2D eigenvalue weighted by molar-refractivity contribution is -0.157. The van der Waals surface area contributed by atoms with Gasteiger partial charge in [-0.2, -0.15) is 0 Å². The Kier molecular flexibility index (Phi) is 37.0. The fourth-order valence-electron chi connectivity index (χ4n) is 11.9. The molecule has 1 aliphatic rings. The molecule has 0 bridgehead atoms. The van der Waals surface area contributed by atoms with Crippen molar-refractivity contribution < 1.29 is 77.6 Å². The zero-order valence-electron chi connectivity index (χ0n) is 64.1. The number of likely N-dealkylation sites (N-methyl/N-ethyl adjacent to an activating group) is 7. The van der Waals surface area contributed by atoms with Gasteiger partial charge in [0, 0.05) is 55.4 Å². The molecule has 562 valence electrons. The first-order valence-corrected chi connectivity index (χ1v) is 34.8. The fraction of sp³-hybridized carbons (Fsp3) is 0.722. The molecule has 0 spiro atoms. The summed E-state index contributed by atoms with van der Waals surface area (Å²) >= 11 is 0. The molecule has 11 amide bonds. The molecule has 0 saturated carbocycles. The molecule has 27 heteroatoms. The average molecular weight is 1400 g/mol. The molecule has 1 fully saturated rings. The number of hydrogen-bond donors (Lipinski definition) is 7. The summed E-state index contributed by atoms with van der Waals surface area (Å²) in [5, 5.41) is 41.6. The van der Waals surface area contributed by atoms with Gasteiger partial charge in [-0.25, -0.2) is 4.79 Å². The molecule has 0 radical (unpaired) electrons. The van der Waals surface area contributed by atoms with Crippen LogP contribution in [0.3, 0.4) is 0 Å². The van der Waals surface area contributed by atoms with Crippen LogP contribution in [-0.4, -0.2) is 250 Å². The fourth-order valence-corrected chi connectivity index (χ4v) is 11.9. The van der Waals surface area contributed by atoms with Gasteiger partial charge in [0.1, 0.15) is 77.5 Å². The Morgan fingerprint density at radius 2 is 0.980 bits per heavy atom. The van der Waals surface area contributed by atoms with E-state index in [1.54, 1.807) is 68.4 Å². The SMILES string of the molecule is CC=CCC(C)C(O)C1C(=O)NC(CC)C(=O)N(C)CC(=O)N(C)C(CC(C)C)C(=O)NC(C(C)C)C(=O)N(C)C(CC(C)C)C(=O)NC(C)C(=O)NC(C)C(=O)N(C)C(CC(C)C)C(=O)N(C)C(CC(C)C)C(=O)N(C)C(C(C)C)C(=O)N1C.CCOC(=O)c1c(C)cc(O)cc1O. The van der Waals surface area contributed by atoms with Gasteiger partial charge in [-0.1, -0.05) is 109 Å². The van der Waals surface area contributed by atoms with E-state index in [9.17, 15) is 58.2 Å². The third-order valence-electron chi connectivity index (χ3n) is 17.9. The Hall–Kier alpha value is -7.84. The van der Waals surface area contributed by atoms with Gasteiger partial charge in [-0.3, -0.25) is 52.7 Å². The highest BCUT2D eigenvalue weighted by atomic mass is 16.5. The molecule has 0 aromatic heterocycles. The summed E-state index contributed by atoms with van der Waals surface area (Å²) in [5.74, 6) is -10.6. The summed E-state index contributed by atoms with van der Waals surface area (Å²) in [6.45, 7) is 32.9. The first kappa shape index (κ1) is 89.2. The number of hydrogen-bond acceptors (Lipinski definition) is 16. The van der Waals surface area contributed by atoms with Crippen LogP contribution in [0.2, 0.25) is 0 Å². The van der Waals surface area contributed by atoms with Gasteiger partial charge < -0.3 is 75.6 Å². The number of allylic oxidation sites excluding steroid dienone is 2. The Morgan fingerprint density at radius 3 is 1.43 bits per heavy atom. The van der Waals surface area contributed by atoms with Crippen LogP contribution in [-0.2, 0) is 57.5 Å². The van der Waals surface area contributed by atoms with Gasteiger partial charge in [-0.05, 0) is 126 Å². The van der Waals surface area contributed by atoms with E-state index < -0.39 is 162 Å². The van der Waals surface area contributed by atoms with Crippen molar-refractivity contribution in [3.05, 3.63) is 35.4 Å². The summed E-state index contributed by atoms with van der Waals surface area (Å²) in [7, 11) is 9.92. The Balaban J connectivity index is 0.00000309. The number of nitrogens with zero attached hydrogens (tertiary/aromatic N) is 7. The molecule has 12 atom stereocenters. The monoisotopic (exact) mass is 1400 g/mol. The predicted octanol–water partition coefficient (Wildman–Crippen LogP) is 4.85. The van der Waals surface area contributed by atoms with Crippen molar-refractivity contribution in [2.75, 3.05) is 62.5 Å². The average Bonchev–Trinajstić information content (AvgIpc) is 0.805. The lowest BCUT2D eigenvalue weighted by Gasteiger charge is -2.41. The van der Waals surface area contributed by atoms with Gasteiger partial charge >= 0.3 is 5.97 Å². The second-order valence-corrected chi connectivity index (χ2v) is 29.0. The third-order valence-corrected chi connectivity index (χ3v) is 17.9. The van der Waals surface area contributed by atoms with E-state index in [0.29, 0.717) is 12.0 Å². The highest BCUT2D eigenvalue weighted by Gasteiger charge is 2.46. The first-order valence-electron chi connectivity index (χ1n) is 34.8. The second-order valence-electron chi connectivity index (χ2n) is 29.0. The number of phenolic OH excluding ortho intramolecular Hbond substituents is 2. The number of aliphatic hydroxyl groups is 1. The van der Waals surface area contributed by atoms with E-state index in [0.717, 1.165) is 15.9 Å². The number of esters is 1. The molecule has 27 nitrogen and oxygen atoms in total. The van der Waals surface area contributed by atoms with Gasteiger partial charge in [-0.15, -0.1) is 0 Å². The Bertz CT molecular complexity index is 2930. The summed E-state index contributed by atoms with van der Waals surface area (Å²) in [5.41, 5.74) is 0.589. The van der Waals surface area contributed by atoms with Crippen LogP contribution in [0.5, 0.6) is 11.5 Å². The quantitative estimate of drug-likeness (QED) is 0.0809. The number of ether oxygens (including phenoxy) is 1. The van der Waals surface area contributed by atoms with Crippen LogP contribution in [0.1, 0.15) is 179 Å². The minimum absolute atomic E-state index is 0.0229. The van der Waals surface area contributed by atoms with Crippen molar-refractivity contribution in [3.63, 3.8) is 0 Å². The molecule has 7 N–H and O–H groups in total. The summed E-state index contributed by atoms with van der Waals surface area (Å²) in [6.07, 6.45) is 3.04. The topological polar surface area (TPSA) is 346 Å². The number of carbonyl (C=O) groups excluding carboxylic acids is 12. The molecule has 1 aliphatic heterocycles. The standard InChI is InChI=1S/C62H111N11O12.C10H12O4/c1-25-27-28-40(15)52(75)51-56(79)65-43(26-2)58(81)67(18)33-48(74)68(19)44(29-34(3)4)55(78)66-49(38(11)12)61(84)69(20)45(30-35(5)6)54(77)63-41(16)53(76)64-42(17)57(80)70(21)46(31-36(7)8)59(82)71(22)47(32-37(9)10)60(83)72(23)50(39(13)14)62(85)73(51)24;1-3-14-10(13)9-6(2)4-7(11)5-8(9)12/h25,27,34-47,49-52,75H,26,28-33H2,1-24H3,(H,63,77)(H,64,76)(H,65,79)(H,66,78);4-5,11-12H,3H2,1-2H3. The molecule has 99 heavy (non-hydrogen) atoms. The van der Waals surface area contributed by atoms with Crippen LogP contribution in [0, 0.1) is 48.3 Å². The number of aliphatic hydroxyl groups excluding tert-OH is 1. The van der Waals surface area contributed by atoms with E-state index in [2.05, 4.69) is 21.3 Å². The number of nitrogens with one attached hydrogen (secondary N) is 4. The highest BCUT2D eigenvalue weighted by molar-refractivity contribution is 6.00. The smallest absolute Gasteiger partial charge is 0.342 e. The van der Waals surface area contributed by atoms with Gasteiger partial charge in [0.05, 0.1) is 19.3 Å². The number of carbonyl (C=O) groups is 12. The highest BCUT2D eigenvalue weighted by Crippen LogP contribution is 2.29. The van der Waals surface area contributed by atoms with Crippen molar-refractivity contribution >= 4 is 70.9 Å². The van der Waals surface area contributed by atoms with E-state index in [1.165, 1.54) is 93.7 Å².